The summed E-state index contributed by atoms with van der Waals surface area (Å²) < 4.78 is 5.05. The van der Waals surface area contributed by atoms with E-state index in [1.807, 2.05) is 0 Å². The fourth-order valence-electron chi connectivity index (χ4n) is 1.01. The first-order valence-corrected chi connectivity index (χ1v) is 3.37. The van der Waals surface area contributed by atoms with Crippen LogP contribution in [0.2, 0.25) is 0 Å². The van der Waals surface area contributed by atoms with Gasteiger partial charge in [0.05, 0.1) is 12.3 Å². The van der Waals surface area contributed by atoms with Crippen LogP contribution in [0.15, 0.2) is 17.8 Å². The predicted octanol–water partition coefficient (Wildman–Crippen LogP) is 0.716. The summed E-state index contributed by atoms with van der Waals surface area (Å²) >= 11 is 0. The second kappa shape index (κ2) is 2.09. The van der Waals surface area contributed by atoms with Crippen molar-refractivity contribution in [2.45, 2.75) is 18.6 Å². The molecule has 0 radical (unpaired) electrons. The highest BCUT2D eigenvalue weighted by Crippen LogP contribution is 2.24. The Hall–Kier alpha value is -0.830. The molecule has 0 N–H and O–H groups in total. The zero-order valence-electron chi connectivity index (χ0n) is 5.62. The normalized spacial score (nSPS) is 36.6. The first-order valence-electron chi connectivity index (χ1n) is 3.37. The van der Waals surface area contributed by atoms with Gasteiger partial charge in [-0.05, 0) is 6.08 Å². The summed E-state index contributed by atoms with van der Waals surface area (Å²) in [6, 6.07) is 0. The van der Waals surface area contributed by atoms with Crippen LogP contribution in [0.4, 0.5) is 0 Å². The molecule has 54 valence electrons. The lowest BCUT2D eigenvalue weighted by molar-refractivity contribution is 0.0627. The largest absolute Gasteiger partial charge is 0.389 e. The monoisotopic (exact) mass is 139 g/mol. The van der Waals surface area contributed by atoms with Crippen molar-refractivity contribution in [1.29, 1.82) is 0 Å². The van der Waals surface area contributed by atoms with E-state index in [0.29, 0.717) is 6.10 Å². The van der Waals surface area contributed by atoms with Crippen molar-refractivity contribution in [3.63, 3.8) is 0 Å². The molecule has 2 heterocycles. The van der Waals surface area contributed by atoms with Crippen LogP contribution in [0, 0.1) is 0 Å². The summed E-state index contributed by atoms with van der Waals surface area (Å²) in [4.78, 5) is 5.07. The molecule has 1 saturated heterocycles. The van der Waals surface area contributed by atoms with Crippen molar-refractivity contribution in [2.24, 2.45) is 5.16 Å². The van der Waals surface area contributed by atoms with E-state index in [1.54, 1.807) is 6.08 Å². The van der Waals surface area contributed by atoms with Gasteiger partial charge < -0.3 is 9.57 Å². The Morgan fingerprint density at radius 2 is 2.40 bits per heavy atom. The van der Waals surface area contributed by atoms with Crippen molar-refractivity contribution in [1.82, 2.24) is 0 Å². The molecular formula is C7H9NO2. The SMILES string of the molecule is C=CC1=NO[C@H]([C@H]2CO2)C1. The molecule has 3 nitrogen and oxygen atoms in total. The Balaban J connectivity index is 1.92. The number of allylic oxidation sites excluding steroid dienone is 1. The Kier molecular flexibility index (Phi) is 1.24. The van der Waals surface area contributed by atoms with E-state index in [-0.39, 0.29) is 6.10 Å². The summed E-state index contributed by atoms with van der Waals surface area (Å²) in [6.45, 7) is 4.43. The average Bonchev–Trinajstić information content (AvgIpc) is 2.70. The number of hydrogen-bond acceptors (Lipinski definition) is 3. The highest BCUT2D eigenvalue weighted by atomic mass is 16.7. The van der Waals surface area contributed by atoms with Gasteiger partial charge in [0.25, 0.3) is 0 Å². The van der Waals surface area contributed by atoms with Gasteiger partial charge in [-0.2, -0.15) is 0 Å². The zero-order valence-corrected chi connectivity index (χ0v) is 5.62. The van der Waals surface area contributed by atoms with Crippen LogP contribution in [0.5, 0.6) is 0 Å². The van der Waals surface area contributed by atoms with Crippen molar-refractivity contribution in [2.75, 3.05) is 6.61 Å². The van der Waals surface area contributed by atoms with Crippen molar-refractivity contribution >= 4 is 5.71 Å². The molecule has 2 aliphatic rings. The third-order valence-corrected chi connectivity index (χ3v) is 1.73. The first-order chi connectivity index (χ1) is 4.90. The predicted molar refractivity (Wildman–Crippen MR) is 36.9 cm³/mol. The van der Waals surface area contributed by atoms with Gasteiger partial charge in [0.1, 0.15) is 6.10 Å². The minimum Gasteiger partial charge on any atom is -0.389 e. The molecule has 0 aliphatic carbocycles. The molecule has 3 heteroatoms. The fourth-order valence-corrected chi connectivity index (χ4v) is 1.01. The van der Waals surface area contributed by atoms with E-state index >= 15 is 0 Å². The van der Waals surface area contributed by atoms with Crippen LogP contribution in [-0.4, -0.2) is 24.5 Å². The van der Waals surface area contributed by atoms with Crippen molar-refractivity contribution < 1.29 is 9.57 Å². The summed E-state index contributed by atoms with van der Waals surface area (Å²) in [5.41, 5.74) is 0.931. The molecule has 0 unspecified atom stereocenters. The standard InChI is InChI=1S/C7H9NO2/c1-2-5-3-6(10-8-5)7-4-9-7/h2,6-7H,1,3-4H2/t6-,7+/m0/s1. The quantitative estimate of drug-likeness (QED) is 0.528. The smallest absolute Gasteiger partial charge is 0.161 e. The average molecular weight is 139 g/mol. The lowest BCUT2D eigenvalue weighted by atomic mass is 10.1. The molecule has 0 aromatic heterocycles. The summed E-state index contributed by atoms with van der Waals surface area (Å²) in [7, 11) is 0. The van der Waals surface area contributed by atoms with Crippen LogP contribution >= 0.6 is 0 Å². The molecule has 10 heavy (non-hydrogen) atoms. The van der Waals surface area contributed by atoms with E-state index in [4.69, 9.17) is 9.57 Å². The van der Waals surface area contributed by atoms with Crippen molar-refractivity contribution in [3.8, 4) is 0 Å². The molecule has 0 amide bonds. The maximum absolute atomic E-state index is 5.07. The van der Waals surface area contributed by atoms with Crippen molar-refractivity contribution in [3.05, 3.63) is 12.7 Å². The molecule has 2 rings (SSSR count). The minimum absolute atomic E-state index is 0.160. The van der Waals surface area contributed by atoms with Gasteiger partial charge in [-0.15, -0.1) is 0 Å². The van der Waals surface area contributed by atoms with Gasteiger partial charge >= 0.3 is 0 Å². The van der Waals surface area contributed by atoms with Crippen LogP contribution in [-0.2, 0) is 9.57 Å². The molecule has 1 fully saturated rings. The van der Waals surface area contributed by atoms with Crippen LogP contribution in [0.3, 0.4) is 0 Å². The highest BCUT2D eigenvalue weighted by Gasteiger charge is 2.37. The van der Waals surface area contributed by atoms with E-state index in [1.165, 1.54) is 0 Å². The minimum atomic E-state index is 0.160. The number of hydrogen-bond donors (Lipinski definition) is 0. The Bertz CT molecular complexity index is 184. The maximum Gasteiger partial charge on any atom is 0.161 e. The zero-order chi connectivity index (χ0) is 6.97. The summed E-state index contributed by atoms with van der Waals surface area (Å²) in [5, 5.41) is 3.82. The lowest BCUT2D eigenvalue weighted by Gasteiger charge is -2.00. The third-order valence-electron chi connectivity index (χ3n) is 1.73. The van der Waals surface area contributed by atoms with Crippen LogP contribution in [0.25, 0.3) is 0 Å². The van der Waals surface area contributed by atoms with Gasteiger partial charge in [-0.1, -0.05) is 11.7 Å². The summed E-state index contributed by atoms with van der Waals surface area (Å²) in [6.07, 6.45) is 3.03. The van der Waals surface area contributed by atoms with Gasteiger partial charge in [0, 0.05) is 6.42 Å². The topological polar surface area (TPSA) is 34.1 Å². The van der Waals surface area contributed by atoms with Crippen LogP contribution in [0.1, 0.15) is 6.42 Å². The Morgan fingerprint density at radius 1 is 1.60 bits per heavy atom. The van der Waals surface area contributed by atoms with Gasteiger partial charge in [-0.3, -0.25) is 0 Å². The number of rotatable bonds is 2. The first kappa shape index (κ1) is 5.92. The number of ether oxygens (including phenoxy) is 1. The molecule has 0 aromatic carbocycles. The number of nitrogens with zero attached hydrogens (tertiary/aromatic N) is 1. The summed E-state index contributed by atoms with van der Waals surface area (Å²) in [5.74, 6) is 0. The highest BCUT2D eigenvalue weighted by molar-refractivity contribution is 5.95. The Labute approximate surface area is 59.3 Å². The molecule has 0 aromatic rings. The van der Waals surface area contributed by atoms with E-state index in [2.05, 4.69) is 11.7 Å². The van der Waals surface area contributed by atoms with E-state index in [9.17, 15) is 0 Å². The molecule has 2 aliphatic heterocycles. The molecule has 0 bridgehead atoms. The Morgan fingerprint density at radius 3 is 2.90 bits per heavy atom. The second-order valence-electron chi connectivity index (χ2n) is 2.51. The lowest BCUT2D eigenvalue weighted by Crippen LogP contribution is -2.14. The molecule has 0 spiro atoms. The van der Waals surface area contributed by atoms with Gasteiger partial charge in [0.2, 0.25) is 0 Å². The van der Waals surface area contributed by atoms with Crippen LogP contribution < -0.4 is 0 Å². The van der Waals surface area contributed by atoms with E-state index in [0.717, 1.165) is 18.7 Å². The molecule has 2 atom stereocenters. The number of epoxide rings is 1. The third kappa shape index (κ3) is 0.926. The van der Waals surface area contributed by atoms with E-state index < -0.39 is 0 Å². The second-order valence-corrected chi connectivity index (χ2v) is 2.51. The van der Waals surface area contributed by atoms with Gasteiger partial charge in [-0.25, -0.2) is 0 Å². The van der Waals surface area contributed by atoms with Gasteiger partial charge in [0.15, 0.2) is 6.10 Å². The number of oxime groups is 1. The fraction of sp³-hybridized carbons (Fsp3) is 0.571. The maximum atomic E-state index is 5.07. The molecule has 0 saturated carbocycles. The molecular weight excluding hydrogens is 130 g/mol.